The lowest BCUT2D eigenvalue weighted by Crippen LogP contribution is -2.53. The van der Waals surface area contributed by atoms with Crippen LogP contribution in [0.1, 0.15) is 29.5 Å². The zero-order chi connectivity index (χ0) is 34.2. The monoisotopic (exact) mass is 711 g/mol. The first-order chi connectivity index (χ1) is 22.9. The molecule has 1 aliphatic carbocycles. The topological polar surface area (TPSA) is 137 Å². The number of nitrogens with zero attached hydrogens (tertiary/aromatic N) is 4. The standard InChI is InChI=1S/C33H28Cl3N5O7/c1-38-31(45)39-11-10-20-25(41(39)32(38)46)15-21-29(43)40(37-24-9-6-18(34)14-22(24)35)30(44)33(21,17-4-7-19(47-2)8-5-17)27(20)16-12-23(36)28(42)26(13-16)48-3/h4-10,12-14,21,25,27,37,42H,11,15H2,1-3H3/t21-,25+,27-,33+/m0/s1. The number of phenolic OH excluding ortho intramolecular Hbond substituents is 1. The van der Waals surface area contributed by atoms with Gasteiger partial charge in [-0.3, -0.25) is 15.0 Å². The summed E-state index contributed by atoms with van der Waals surface area (Å²) in [5, 5.41) is 12.1. The first kappa shape index (κ1) is 31.9. The number of anilines is 1. The van der Waals surface area contributed by atoms with Gasteiger partial charge in [0.05, 0.1) is 53.9 Å². The van der Waals surface area contributed by atoms with Gasteiger partial charge in [0.25, 0.3) is 11.8 Å². The molecule has 0 radical (unpaired) electrons. The number of imide groups is 1. The summed E-state index contributed by atoms with van der Waals surface area (Å²) in [5.41, 5.74) is 2.06. The lowest BCUT2D eigenvalue weighted by molar-refractivity contribution is -0.138. The first-order valence-corrected chi connectivity index (χ1v) is 16.0. The van der Waals surface area contributed by atoms with Crippen LogP contribution >= 0.6 is 34.8 Å². The number of phenols is 1. The van der Waals surface area contributed by atoms with E-state index in [-0.39, 0.29) is 40.2 Å². The zero-order valence-electron chi connectivity index (χ0n) is 25.7. The predicted octanol–water partition coefficient (Wildman–Crippen LogP) is 4.65. The fourth-order valence-corrected chi connectivity index (χ4v) is 8.18. The Morgan fingerprint density at radius 2 is 1.65 bits per heavy atom. The van der Waals surface area contributed by atoms with Crippen molar-refractivity contribution in [3.63, 3.8) is 0 Å². The number of amides is 2. The summed E-state index contributed by atoms with van der Waals surface area (Å²) in [4.78, 5) is 56.5. The summed E-state index contributed by atoms with van der Waals surface area (Å²) in [5.74, 6) is -2.91. The van der Waals surface area contributed by atoms with Gasteiger partial charge >= 0.3 is 11.4 Å². The maximum absolute atomic E-state index is 15.2. The van der Waals surface area contributed by atoms with Crippen LogP contribution in [0.2, 0.25) is 15.1 Å². The van der Waals surface area contributed by atoms with Crippen LogP contribution in [0.5, 0.6) is 17.2 Å². The molecule has 2 fully saturated rings. The molecular formula is C33H28Cl3N5O7. The number of nitrogens with one attached hydrogen (secondary N) is 1. The molecule has 2 amide bonds. The van der Waals surface area contributed by atoms with Gasteiger partial charge in [-0.05, 0) is 65.6 Å². The lowest BCUT2D eigenvalue weighted by Gasteiger charge is -2.49. The molecule has 0 spiro atoms. The number of methoxy groups -OCH3 is 2. The molecule has 2 N–H and O–H groups in total. The molecule has 4 atom stereocenters. The second-order valence-corrected chi connectivity index (χ2v) is 13.1. The number of ether oxygens (including phenoxy) is 2. The van der Waals surface area contributed by atoms with Crippen LogP contribution in [-0.4, -0.2) is 50.1 Å². The number of fused-ring (bicyclic) bond motifs is 4. The average molecular weight is 713 g/mol. The number of hydrogen-bond donors (Lipinski definition) is 2. The number of hydrogen-bond acceptors (Lipinski definition) is 8. The molecule has 3 heterocycles. The number of allylic oxidation sites excluding steroid dienone is 2. The second kappa shape index (κ2) is 11.5. The van der Waals surface area contributed by atoms with Crippen molar-refractivity contribution >= 4 is 52.3 Å². The zero-order valence-corrected chi connectivity index (χ0v) is 28.0. The smallest absolute Gasteiger partial charge is 0.347 e. The Bertz CT molecular complexity index is 2170. The van der Waals surface area contributed by atoms with Crippen molar-refractivity contribution in [1.82, 2.24) is 18.9 Å². The highest BCUT2D eigenvalue weighted by molar-refractivity contribution is 6.36. The Kier molecular flexibility index (Phi) is 7.65. The van der Waals surface area contributed by atoms with Crippen LogP contribution in [-0.2, 0) is 28.6 Å². The van der Waals surface area contributed by atoms with E-state index in [0.717, 1.165) is 9.58 Å². The molecular weight excluding hydrogens is 685 g/mol. The largest absolute Gasteiger partial charge is 0.503 e. The lowest BCUT2D eigenvalue weighted by atomic mass is 9.53. The van der Waals surface area contributed by atoms with Crippen molar-refractivity contribution in [2.24, 2.45) is 13.0 Å². The molecule has 0 unspecified atom stereocenters. The molecule has 12 nitrogen and oxygen atoms in total. The van der Waals surface area contributed by atoms with E-state index in [1.807, 2.05) is 6.08 Å². The highest BCUT2D eigenvalue weighted by atomic mass is 35.5. The molecule has 48 heavy (non-hydrogen) atoms. The minimum absolute atomic E-state index is 0.00221. The van der Waals surface area contributed by atoms with E-state index in [9.17, 15) is 19.5 Å². The number of aromatic hydroxyl groups is 1. The maximum Gasteiger partial charge on any atom is 0.347 e. The Hall–Kier alpha value is -4.65. The molecule has 1 saturated carbocycles. The number of carbonyl (C=O) groups excluding carboxylic acids is 2. The van der Waals surface area contributed by atoms with Crippen LogP contribution in [0.3, 0.4) is 0 Å². The Morgan fingerprint density at radius 3 is 2.31 bits per heavy atom. The van der Waals surface area contributed by atoms with Gasteiger partial charge in [0.2, 0.25) is 0 Å². The van der Waals surface area contributed by atoms with Gasteiger partial charge in [-0.2, -0.15) is 5.01 Å². The molecule has 0 bridgehead atoms. The highest BCUT2D eigenvalue weighted by Crippen LogP contribution is 2.62. The van der Waals surface area contributed by atoms with Gasteiger partial charge in [-0.1, -0.05) is 53.0 Å². The minimum Gasteiger partial charge on any atom is -0.503 e. The number of benzene rings is 3. The van der Waals surface area contributed by atoms with Crippen LogP contribution in [0, 0.1) is 5.92 Å². The Balaban J connectivity index is 1.53. The molecule has 15 heteroatoms. The van der Waals surface area contributed by atoms with Crippen molar-refractivity contribution in [2.45, 2.75) is 30.3 Å². The van der Waals surface area contributed by atoms with E-state index in [1.165, 1.54) is 42.8 Å². The van der Waals surface area contributed by atoms with Gasteiger partial charge in [0.1, 0.15) is 5.75 Å². The van der Waals surface area contributed by atoms with E-state index in [2.05, 4.69) is 5.43 Å². The third-order valence-corrected chi connectivity index (χ3v) is 10.5. The fourth-order valence-electron chi connectivity index (χ4n) is 7.51. The van der Waals surface area contributed by atoms with Crippen LogP contribution in [0.4, 0.5) is 5.69 Å². The molecule has 3 aliphatic rings. The van der Waals surface area contributed by atoms with Crippen molar-refractivity contribution in [1.29, 1.82) is 0 Å². The second-order valence-electron chi connectivity index (χ2n) is 11.9. The van der Waals surface area contributed by atoms with Crippen molar-refractivity contribution < 1.29 is 24.2 Å². The number of halogens is 3. The Labute approximate surface area is 288 Å². The summed E-state index contributed by atoms with van der Waals surface area (Å²) in [6, 6.07) is 13.8. The predicted molar refractivity (Wildman–Crippen MR) is 178 cm³/mol. The number of rotatable bonds is 6. The highest BCUT2D eigenvalue weighted by Gasteiger charge is 2.69. The summed E-state index contributed by atoms with van der Waals surface area (Å²) in [7, 11) is 4.28. The molecule has 1 saturated heterocycles. The van der Waals surface area contributed by atoms with Gasteiger partial charge in [-0.25, -0.2) is 23.5 Å². The molecule has 3 aromatic carbocycles. The quantitative estimate of drug-likeness (QED) is 0.218. The fraction of sp³-hybridized carbons (Fsp3) is 0.273. The average Bonchev–Trinajstić information content (AvgIpc) is 3.43. The molecule has 1 aromatic heterocycles. The first-order valence-electron chi connectivity index (χ1n) is 14.8. The molecule has 7 rings (SSSR count). The number of carbonyl (C=O) groups is 2. The molecule has 4 aromatic rings. The molecule has 2 aliphatic heterocycles. The van der Waals surface area contributed by atoms with E-state index in [4.69, 9.17) is 44.3 Å². The van der Waals surface area contributed by atoms with Crippen molar-refractivity contribution in [3.05, 3.63) is 113 Å². The molecule has 248 valence electrons. The normalized spacial score (nSPS) is 22.9. The van der Waals surface area contributed by atoms with Gasteiger partial charge in [0.15, 0.2) is 11.5 Å². The number of aromatic nitrogens is 3. The van der Waals surface area contributed by atoms with Gasteiger partial charge in [0, 0.05) is 18.0 Å². The van der Waals surface area contributed by atoms with E-state index >= 15 is 4.79 Å². The van der Waals surface area contributed by atoms with Crippen LogP contribution < -0.4 is 26.3 Å². The van der Waals surface area contributed by atoms with E-state index < -0.39 is 46.5 Å². The third kappa shape index (κ3) is 4.42. The van der Waals surface area contributed by atoms with Crippen molar-refractivity contribution in [3.8, 4) is 17.2 Å². The van der Waals surface area contributed by atoms with E-state index in [1.54, 1.807) is 42.5 Å². The maximum atomic E-state index is 15.2. The van der Waals surface area contributed by atoms with Crippen LogP contribution in [0.15, 0.2) is 75.8 Å². The summed E-state index contributed by atoms with van der Waals surface area (Å²) >= 11 is 19.2. The third-order valence-electron chi connectivity index (χ3n) is 9.64. The van der Waals surface area contributed by atoms with Gasteiger partial charge in [-0.15, -0.1) is 0 Å². The van der Waals surface area contributed by atoms with Crippen molar-refractivity contribution in [2.75, 3.05) is 19.6 Å². The van der Waals surface area contributed by atoms with Crippen LogP contribution in [0.25, 0.3) is 0 Å². The van der Waals surface area contributed by atoms with Gasteiger partial charge < -0.3 is 14.6 Å². The Morgan fingerprint density at radius 1 is 0.917 bits per heavy atom. The minimum atomic E-state index is -1.62. The summed E-state index contributed by atoms with van der Waals surface area (Å²) in [6.07, 6.45) is 1.81. The SMILES string of the molecule is COc1ccc([C@@]23C(=O)N(Nc4ccc(Cl)cc4Cl)C(=O)[C@@H]2C[C@@H]2C(=CCn4c(=O)n(C)c(=O)n42)[C@@H]3c2cc(Cl)c(O)c(OC)c2)cc1. The summed E-state index contributed by atoms with van der Waals surface area (Å²) in [6.45, 7) is 0.0358. The van der Waals surface area contributed by atoms with E-state index in [0.29, 0.717) is 27.5 Å². The summed E-state index contributed by atoms with van der Waals surface area (Å²) < 4.78 is 14.6. The number of hydrazine groups is 1.